The van der Waals surface area contributed by atoms with Gasteiger partial charge in [-0.1, -0.05) is 37.1 Å². The maximum absolute atomic E-state index is 13.1. The molecule has 3 heterocycles. The van der Waals surface area contributed by atoms with Crippen molar-refractivity contribution in [2.45, 2.75) is 43.5 Å². The molecule has 4 rings (SSSR count). The largest absolute Gasteiger partial charge is 0.345 e. The number of rotatable bonds is 3. The van der Waals surface area contributed by atoms with Gasteiger partial charge in [0, 0.05) is 39.4 Å². The first-order valence-corrected chi connectivity index (χ1v) is 11.4. The number of amides is 1. The van der Waals surface area contributed by atoms with Crippen molar-refractivity contribution in [3.63, 3.8) is 0 Å². The Hall–Kier alpha value is -2.12. The molecule has 2 aliphatic heterocycles. The number of aromatic nitrogens is 1. The van der Waals surface area contributed by atoms with Crippen molar-refractivity contribution in [3.8, 4) is 0 Å². The first kappa shape index (κ1) is 19.2. The molecule has 1 aromatic heterocycles. The van der Waals surface area contributed by atoms with E-state index in [0.29, 0.717) is 31.9 Å². The summed E-state index contributed by atoms with van der Waals surface area (Å²) in [6.07, 6.45) is 6.33. The van der Waals surface area contributed by atoms with Gasteiger partial charge < -0.3 is 9.47 Å². The molecule has 1 fully saturated rings. The van der Waals surface area contributed by atoms with Crippen LogP contribution in [0.4, 0.5) is 0 Å². The second-order valence-corrected chi connectivity index (χ2v) is 9.67. The van der Waals surface area contributed by atoms with E-state index in [2.05, 4.69) is 12.1 Å². The minimum atomic E-state index is -3.56. The van der Waals surface area contributed by atoms with Crippen LogP contribution in [0.5, 0.6) is 0 Å². The zero-order chi connectivity index (χ0) is 19.7. The van der Waals surface area contributed by atoms with Gasteiger partial charge in [-0.15, -0.1) is 0 Å². The Bertz CT molecular complexity index is 973. The number of carbonyl (C=O) groups is 1. The van der Waals surface area contributed by atoms with Crippen molar-refractivity contribution in [3.05, 3.63) is 53.3 Å². The van der Waals surface area contributed by atoms with Gasteiger partial charge in [-0.2, -0.15) is 4.31 Å². The molecule has 0 atom stereocenters. The average Bonchev–Trinajstić information content (AvgIpc) is 2.91. The summed E-state index contributed by atoms with van der Waals surface area (Å²) in [4.78, 5) is 15.1. The molecule has 1 aromatic carbocycles. The van der Waals surface area contributed by atoms with Gasteiger partial charge in [0.25, 0.3) is 5.91 Å². The van der Waals surface area contributed by atoms with Gasteiger partial charge >= 0.3 is 0 Å². The molecule has 1 saturated heterocycles. The Kier molecular flexibility index (Phi) is 5.29. The van der Waals surface area contributed by atoms with Crippen molar-refractivity contribution in [2.75, 3.05) is 19.6 Å². The molecule has 0 bridgehead atoms. The summed E-state index contributed by atoms with van der Waals surface area (Å²) >= 11 is 0. The first-order valence-electron chi connectivity index (χ1n) is 9.99. The van der Waals surface area contributed by atoms with Gasteiger partial charge in [-0.05, 0) is 36.5 Å². The lowest BCUT2D eigenvalue weighted by Gasteiger charge is -2.28. The van der Waals surface area contributed by atoms with Crippen LogP contribution in [0.1, 0.15) is 47.3 Å². The van der Waals surface area contributed by atoms with Crippen LogP contribution in [-0.2, 0) is 30.0 Å². The lowest BCUT2D eigenvalue weighted by atomic mass is 10.00. The van der Waals surface area contributed by atoms with E-state index in [-0.39, 0.29) is 10.8 Å². The smallest absolute Gasteiger partial charge is 0.270 e. The second kappa shape index (κ2) is 7.72. The molecule has 28 heavy (non-hydrogen) atoms. The highest BCUT2D eigenvalue weighted by Gasteiger charge is 2.29. The molecule has 1 amide bonds. The molecule has 0 saturated carbocycles. The Morgan fingerprint density at radius 2 is 1.64 bits per heavy atom. The van der Waals surface area contributed by atoms with Gasteiger partial charge in [0.05, 0.1) is 0 Å². The van der Waals surface area contributed by atoms with Gasteiger partial charge in [-0.3, -0.25) is 4.79 Å². The SMILES string of the molecule is Cn1cc(S(=O)(=O)N2CCCCCC2)cc1C(=O)N1CCc2ccccc2C1. The summed E-state index contributed by atoms with van der Waals surface area (Å²) in [5.74, 6) is -0.116. The summed E-state index contributed by atoms with van der Waals surface area (Å²) in [6.45, 7) is 2.33. The van der Waals surface area contributed by atoms with Crippen LogP contribution < -0.4 is 0 Å². The highest BCUT2D eigenvalue weighted by atomic mass is 32.2. The van der Waals surface area contributed by atoms with Crippen molar-refractivity contribution in [1.29, 1.82) is 0 Å². The Labute approximate surface area is 166 Å². The molecule has 0 spiro atoms. The third-order valence-corrected chi connectivity index (χ3v) is 7.68. The van der Waals surface area contributed by atoms with E-state index >= 15 is 0 Å². The molecule has 0 aliphatic carbocycles. The summed E-state index contributed by atoms with van der Waals surface area (Å²) in [6, 6.07) is 9.71. The molecular weight excluding hydrogens is 374 g/mol. The number of sulfonamides is 1. The molecule has 2 aliphatic rings. The standard InChI is InChI=1S/C21H27N3O3S/c1-22-16-19(28(26,27)24-11-6-2-3-7-12-24)14-20(22)21(25)23-13-10-17-8-4-5-9-18(17)15-23/h4-5,8-9,14,16H,2-3,6-7,10-13,15H2,1H3. The maximum Gasteiger partial charge on any atom is 0.270 e. The molecule has 0 N–H and O–H groups in total. The number of fused-ring (bicyclic) bond motifs is 1. The van der Waals surface area contributed by atoms with Crippen LogP contribution in [0, 0.1) is 0 Å². The minimum Gasteiger partial charge on any atom is -0.345 e. The Morgan fingerprint density at radius 1 is 0.964 bits per heavy atom. The van der Waals surface area contributed by atoms with Gasteiger partial charge in [0.2, 0.25) is 10.0 Å². The van der Waals surface area contributed by atoms with Gasteiger partial charge in [-0.25, -0.2) is 8.42 Å². The van der Waals surface area contributed by atoms with Crippen LogP contribution in [0.15, 0.2) is 41.4 Å². The zero-order valence-corrected chi connectivity index (χ0v) is 17.1. The second-order valence-electron chi connectivity index (χ2n) is 7.74. The molecule has 0 radical (unpaired) electrons. The number of hydrogen-bond donors (Lipinski definition) is 0. The number of carbonyl (C=O) groups excluding carboxylic acids is 1. The molecule has 0 unspecified atom stereocenters. The van der Waals surface area contributed by atoms with Gasteiger partial charge in [0.15, 0.2) is 0 Å². The monoisotopic (exact) mass is 401 g/mol. The topological polar surface area (TPSA) is 62.6 Å². The van der Waals surface area contributed by atoms with Crippen LogP contribution in [0.25, 0.3) is 0 Å². The molecule has 2 aromatic rings. The van der Waals surface area contributed by atoms with E-state index in [0.717, 1.165) is 37.7 Å². The lowest BCUT2D eigenvalue weighted by Crippen LogP contribution is -2.36. The summed E-state index contributed by atoms with van der Waals surface area (Å²) in [7, 11) is -1.82. The highest BCUT2D eigenvalue weighted by Crippen LogP contribution is 2.24. The third-order valence-electron chi connectivity index (χ3n) is 5.82. The predicted octanol–water partition coefficient (Wildman–Crippen LogP) is 2.79. The number of hydrogen-bond acceptors (Lipinski definition) is 3. The van der Waals surface area contributed by atoms with Gasteiger partial charge in [0.1, 0.15) is 10.6 Å². The summed E-state index contributed by atoms with van der Waals surface area (Å²) in [5, 5.41) is 0. The van der Waals surface area contributed by atoms with Crippen molar-refractivity contribution in [1.82, 2.24) is 13.8 Å². The van der Waals surface area contributed by atoms with E-state index in [4.69, 9.17) is 0 Å². The maximum atomic E-state index is 13.1. The fourth-order valence-corrected chi connectivity index (χ4v) is 5.74. The van der Waals surface area contributed by atoms with E-state index in [1.807, 2.05) is 12.1 Å². The van der Waals surface area contributed by atoms with E-state index in [1.165, 1.54) is 5.56 Å². The van der Waals surface area contributed by atoms with E-state index in [9.17, 15) is 13.2 Å². The Balaban J connectivity index is 1.57. The number of nitrogens with zero attached hydrogens (tertiary/aromatic N) is 3. The average molecular weight is 402 g/mol. The normalized spacial score (nSPS) is 18.5. The number of benzene rings is 1. The summed E-state index contributed by atoms with van der Waals surface area (Å²) < 4.78 is 29.3. The van der Waals surface area contributed by atoms with E-state index in [1.54, 1.807) is 33.1 Å². The molecular formula is C21H27N3O3S. The quantitative estimate of drug-likeness (QED) is 0.795. The van der Waals surface area contributed by atoms with Crippen LogP contribution in [0.3, 0.4) is 0 Å². The zero-order valence-electron chi connectivity index (χ0n) is 16.3. The van der Waals surface area contributed by atoms with Crippen LogP contribution >= 0.6 is 0 Å². The highest BCUT2D eigenvalue weighted by molar-refractivity contribution is 7.89. The predicted molar refractivity (Wildman–Crippen MR) is 108 cm³/mol. The van der Waals surface area contributed by atoms with Crippen molar-refractivity contribution < 1.29 is 13.2 Å². The van der Waals surface area contributed by atoms with Crippen molar-refractivity contribution in [2.24, 2.45) is 7.05 Å². The van der Waals surface area contributed by atoms with E-state index < -0.39 is 10.0 Å². The van der Waals surface area contributed by atoms with Crippen LogP contribution in [-0.4, -0.2) is 47.7 Å². The Morgan fingerprint density at radius 3 is 2.36 bits per heavy atom. The number of aryl methyl sites for hydroxylation is 1. The fourth-order valence-electron chi connectivity index (χ4n) is 4.15. The molecule has 150 valence electrons. The fraction of sp³-hybridized carbons (Fsp3) is 0.476. The molecule has 6 nitrogen and oxygen atoms in total. The van der Waals surface area contributed by atoms with Crippen LogP contribution in [0.2, 0.25) is 0 Å². The third kappa shape index (κ3) is 3.61. The summed E-state index contributed by atoms with van der Waals surface area (Å²) in [5.41, 5.74) is 2.87. The van der Waals surface area contributed by atoms with Crippen molar-refractivity contribution >= 4 is 15.9 Å². The minimum absolute atomic E-state index is 0.116. The lowest BCUT2D eigenvalue weighted by molar-refractivity contribution is 0.0725. The molecule has 7 heteroatoms. The first-order chi connectivity index (χ1) is 13.5.